The Morgan fingerprint density at radius 1 is 1.29 bits per heavy atom. The summed E-state index contributed by atoms with van der Waals surface area (Å²) in [6.45, 7) is 2.53. The molecule has 0 aliphatic carbocycles. The van der Waals surface area contributed by atoms with E-state index in [2.05, 4.69) is 9.97 Å². The lowest BCUT2D eigenvalue weighted by Gasteiger charge is -2.22. The summed E-state index contributed by atoms with van der Waals surface area (Å²) >= 11 is 0. The Bertz CT molecular complexity index is 674. The second-order valence-corrected chi connectivity index (χ2v) is 5.87. The number of amides is 1. The maximum absolute atomic E-state index is 12.5. The van der Waals surface area contributed by atoms with Crippen molar-refractivity contribution in [3.8, 4) is 0 Å². The number of ether oxygens (including phenoxy) is 1. The van der Waals surface area contributed by atoms with E-state index in [4.69, 9.17) is 4.74 Å². The van der Waals surface area contributed by atoms with Crippen LogP contribution in [0.2, 0.25) is 0 Å². The summed E-state index contributed by atoms with van der Waals surface area (Å²) in [5, 5.41) is 0. The molecule has 1 aromatic heterocycles. The molecule has 2 aromatic rings. The summed E-state index contributed by atoms with van der Waals surface area (Å²) in [7, 11) is 0. The lowest BCUT2D eigenvalue weighted by Crippen LogP contribution is -2.35. The number of aromatic nitrogens is 2. The van der Waals surface area contributed by atoms with Gasteiger partial charge >= 0.3 is 0 Å². The van der Waals surface area contributed by atoms with Gasteiger partial charge in [-0.1, -0.05) is 30.3 Å². The van der Waals surface area contributed by atoms with E-state index in [0.717, 1.165) is 17.7 Å². The van der Waals surface area contributed by atoms with Crippen LogP contribution < -0.4 is 0 Å². The van der Waals surface area contributed by atoms with Crippen molar-refractivity contribution >= 4 is 12.0 Å². The minimum absolute atomic E-state index is 0.0250. The number of nitrogens with zero attached hydrogens (tertiary/aromatic N) is 3. The molecular formula is C19H21N3O2. The molecule has 2 heterocycles. The van der Waals surface area contributed by atoms with E-state index in [1.807, 2.05) is 47.4 Å². The highest BCUT2D eigenvalue weighted by Crippen LogP contribution is 2.13. The van der Waals surface area contributed by atoms with E-state index >= 15 is 0 Å². The molecule has 5 heteroatoms. The molecule has 1 unspecified atom stereocenters. The van der Waals surface area contributed by atoms with Gasteiger partial charge in [0.25, 0.3) is 0 Å². The van der Waals surface area contributed by atoms with Gasteiger partial charge in [0, 0.05) is 37.0 Å². The number of carbonyl (C=O) groups is 1. The largest absolute Gasteiger partial charge is 0.379 e. The lowest BCUT2D eigenvalue weighted by atomic mass is 10.0. The second kappa shape index (κ2) is 8.36. The summed E-state index contributed by atoms with van der Waals surface area (Å²) < 4.78 is 5.66. The number of benzene rings is 1. The Balaban J connectivity index is 1.61. The molecular weight excluding hydrogens is 302 g/mol. The first-order chi connectivity index (χ1) is 11.8. The molecule has 3 rings (SSSR count). The van der Waals surface area contributed by atoms with Crippen LogP contribution in [0, 0.1) is 5.92 Å². The quantitative estimate of drug-likeness (QED) is 0.810. The number of hydrogen-bond donors (Lipinski definition) is 0. The van der Waals surface area contributed by atoms with Crippen LogP contribution in [-0.4, -0.2) is 47.1 Å². The van der Waals surface area contributed by atoms with Gasteiger partial charge in [-0.15, -0.1) is 0 Å². The molecule has 124 valence electrons. The molecule has 24 heavy (non-hydrogen) atoms. The highest BCUT2D eigenvalue weighted by molar-refractivity contribution is 5.91. The van der Waals surface area contributed by atoms with Crippen molar-refractivity contribution in [1.82, 2.24) is 14.9 Å². The average molecular weight is 323 g/mol. The third-order valence-corrected chi connectivity index (χ3v) is 4.01. The highest BCUT2D eigenvalue weighted by atomic mass is 16.5. The van der Waals surface area contributed by atoms with E-state index in [1.165, 1.54) is 0 Å². The van der Waals surface area contributed by atoms with Crippen LogP contribution in [0.15, 0.2) is 55.0 Å². The lowest BCUT2D eigenvalue weighted by molar-refractivity contribution is -0.126. The zero-order valence-electron chi connectivity index (χ0n) is 13.5. The standard InChI is InChI=1S/C19H21N3O2/c23-19(7-6-16-4-2-1-3-5-16)22-10-11-24-14-17(13-22)12-18-8-9-20-15-21-18/h1-9,15,17H,10-14H2/b7-6+. The second-order valence-electron chi connectivity index (χ2n) is 5.87. The maximum Gasteiger partial charge on any atom is 0.246 e. The van der Waals surface area contributed by atoms with Crippen LogP contribution in [0.1, 0.15) is 11.3 Å². The summed E-state index contributed by atoms with van der Waals surface area (Å²) in [6.07, 6.45) is 7.58. The van der Waals surface area contributed by atoms with Gasteiger partial charge in [-0.3, -0.25) is 4.79 Å². The Morgan fingerprint density at radius 3 is 2.96 bits per heavy atom. The normalized spacial score (nSPS) is 18.5. The van der Waals surface area contributed by atoms with Crippen molar-refractivity contribution in [2.75, 3.05) is 26.3 Å². The molecule has 1 saturated heterocycles. The summed E-state index contributed by atoms with van der Waals surface area (Å²) in [5.41, 5.74) is 2.00. The van der Waals surface area contributed by atoms with Gasteiger partial charge in [-0.2, -0.15) is 0 Å². The molecule has 0 spiro atoms. The summed E-state index contributed by atoms with van der Waals surface area (Å²) in [6, 6.07) is 11.7. The van der Waals surface area contributed by atoms with Crippen LogP contribution in [0.4, 0.5) is 0 Å². The van der Waals surface area contributed by atoms with Gasteiger partial charge in [-0.25, -0.2) is 9.97 Å². The van der Waals surface area contributed by atoms with E-state index in [9.17, 15) is 4.79 Å². The van der Waals surface area contributed by atoms with E-state index in [-0.39, 0.29) is 11.8 Å². The number of hydrogen-bond acceptors (Lipinski definition) is 4. The SMILES string of the molecule is O=C(/C=C/c1ccccc1)N1CCOCC(Cc2ccncn2)C1. The molecule has 1 aromatic carbocycles. The van der Waals surface area contributed by atoms with Gasteiger partial charge in [0.1, 0.15) is 6.33 Å². The Hall–Kier alpha value is -2.53. The smallest absolute Gasteiger partial charge is 0.246 e. The van der Waals surface area contributed by atoms with Gasteiger partial charge in [-0.05, 0) is 24.1 Å². The molecule has 5 nitrogen and oxygen atoms in total. The Kier molecular flexibility index (Phi) is 5.69. The summed E-state index contributed by atoms with van der Waals surface area (Å²) in [5.74, 6) is 0.272. The van der Waals surface area contributed by atoms with E-state index < -0.39 is 0 Å². The molecule has 1 aliphatic rings. The maximum atomic E-state index is 12.5. The van der Waals surface area contributed by atoms with Crippen LogP contribution in [0.5, 0.6) is 0 Å². The van der Waals surface area contributed by atoms with Crippen molar-refractivity contribution in [1.29, 1.82) is 0 Å². The Morgan fingerprint density at radius 2 is 2.17 bits per heavy atom. The first kappa shape index (κ1) is 16.3. The van der Waals surface area contributed by atoms with Gasteiger partial charge in [0.05, 0.1) is 13.2 Å². The minimum atomic E-state index is 0.0250. The fourth-order valence-corrected chi connectivity index (χ4v) is 2.78. The zero-order chi connectivity index (χ0) is 16.6. The third kappa shape index (κ3) is 4.73. The molecule has 0 saturated carbocycles. The monoisotopic (exact) mass is 323 g/mol. The average Bonchev–Trinajstić information content (AvgIpc) is 2.87. The van der Waals surface area contributed by atoms with E-state index in [0.29, 0.717) is 26.3 Å². The molecule has 1 amide bonds. The van der Waals surface area contributed by atoms with Gasteiger partial charge in [0.15, 0.2) is 0 Å². The topological polar surface area (TPSA) is 55.3 Å². The van der Waals surface area contributed by atoms with Crippen LogP contribution >= 0.6 is 0 Å². The fourth-order valence-electron chi connectivity index (χ4n) is 2.78. The van der Waals surface area contributed by atoms with Gasteiger partial charge in [0.2, 0.25) is 5.91 Å². The zero-order valence-corrected chi connectivity index (χ0v) is 13.5. The number of carbonyl (C=O) groups excluding carboxylic acids is 1. The molecule has 0 bridgehead atoms. The van der Waals surface area contributed by atoms with Crippen molar-refractivity contribution in [2.24, 2.45) is 5.92 Å². The molecule has 1 fully saturated rings. The van der Waals surface area contributed by atoms with Crippen molar-refractivity contribution in [2.45, 2.75) is 6.42 Å². The molecule has 0 radical (unpaired) electrons. The first-order valence-electron chi connectivity index (χ1n) is 8.16. The first-order valence-corrected chi connectivity index (χ1v) is 8.16. The number of rotatable bonds is 4. The third-order valence-electron chi connectivity index (χ3n) is 4.01. The molecule has 0 N–H and O–H groups in total. The van der Waals surface area contributed by atoms with Crippen LogP contribution in [-0.2, 0) is 16.0 Å². The minimum Gasteiger partial charge on any atom is -0.379 e. The fraction of sp³-hybridized carbons (Fsp3) is 0.316. The van der Waals surface area contributed by atoms with Crippen molar-refractivity contribution < 1.29 is 9.53 Å². The molecule has 1 aliphatic heterocycles. The molecule has 1 atom stereocenters. The van der Waals surface area contributed by atoms with Crippen LogP contribution in [0.25, 0.3) is 6.08 Å². The summed E-state index contributed by atoms with van der Waals surface area (Å²) in [4.78, 5) is 22.5. The van der Waals surface area contributed by atoms with Crippen molar-refractivity contribution in [3.05, 3.63) is 66.3 Å². The van der Waals surface area contributed by atoms with E-state index in [1.54, 1.807) is 18.6 Å². The van der Waals surface area contributed by atoms with Crippen molar-refractivity contribution in [3.63, 3.8) is 0 Å². The van der Waals surface area contributed by atoms with Crippen LogP contribution in [0.3, 0.4) is 0 Å². The Labute approximate surface area is 142 Å². The predicted octanol–water partition coefficient (Wildman–Crippen LogP) is 2.21. The predicted molar refractivity (Wildman–Crippen MR) is 92.1 cm³/mol. The van der Waals surface area contributed by atoms with Gasteiger partial charge < -0.3 is 9.64 Å². The highest BCUT2D eigenvalue weighted by Gasteiger charge is 2.21.